The van der Waals surface area contributed by atoms with Crippen molar-refractivity contribution in [2.24, 2.45) is 5.92 Å². The summed E-state index contributed by atoms with van der Waals surface area (Å²) in [5.41, 5.74) is 0. The monoisotopic (exact) mass is 333 g/mol. The van der Waals surface area contributed by atoms with Crippen LogP contribution in [-0.2, 0) is 14.3 Å². The lowest BCUT2D eigenvalue weighted by atomic mass is 10.1. The summed E-state index contributed by atoms with van der Waals surface area (Å²) in [5.74, 6) is 0.406. The molecule has 1 aliphatic carbocycles. The van der Waals surface area contributed by atoms with E-state index in [9.17, 15) is 9.59 Å². The number of hydrogen-bond acceptors (Lipinski definition) is 4. The van der Waals surface area contributed by atoms with E-state index in [1.54, 1.807) is 6.92 Å². The molecule has 0 heterocycles. The quantitative estimate of drug-likeness (QED) is 0.488. The summed E-state index contributed by atoms with van der Waals surface area (Å²) in [7, 11) is 0. The van der Waals surface area contributed by atoms with Gasteiger partial charge in [0.1, 0.15) is 5.75 Å². The maximum Gasteiger partial charge on any atom is 0.310 e. The molecule has 0 saturated heterocycles. The highest BCUT2D eigenvalue weighted by Gasteiger charge is 2.34. The molecule has 0 aliphatic heterocycles. The van der Waals surface area contributed by atoms with Crippen LogP contribution in [0.5, 0.6) is 5.75 Å². The zero-order chi connectivity index (χ0) is 17.4. The number of hydrogen-bond donors (Lipinski definition) is 0. The van der Waals surface area contributed by atoms with Crippen molar-refractivity contribution in [3.05, 3.63) is 30.3 Å². The van der Waals surface area contributed by atoms with Crippen LogP contribution in [0.1, 0.15) is 39.5 Å². The van der Waals surface area contributed by atoms with Crippen LogP contribution >= 0.6 is 0 Å². The Balaban J connectivity index is 1.74. The van der Waals surface area contributed by atoms with E-state index < -0.39 is 0 Å². The highest BCUT2D eigenvalue weighted by atomic mass is 16.5. The number of amides is 1. The average molecular weight is 333 g/mol. The molecule has 1 unspecified atom stereocenters. The van der Waals surface area contributed by atoms with Crippen LogP contribution in [-0.4, -0.2) is 42.6 Å². The zero-order valence-electron chi connectivity index (χ0n) is 14.6. The van der Waals surface area contributed by atoms with E-state index in [2.05, 4.69) is 0 Å². The molecule has 0 spiro atoms. The van der Waals surface area contributed by atoms with E-state index >= 15 is 0 Å². The Morgan fingerprint density at radius 3 is 2.58 bits per heavy atom. The fourth-order valence-corrected chi connectivity index (χ4v) is 2.57. The van der Waals surface area contributed by atoms with E-state index in [0.717, 1.165) is 18.6 Å². The molecule has 1 aliphatic rings. The van der Waals surface area contributed by atoms with Gasteiger partial charge < -0.3 is 14.4 Å². The minimum Gasteiger partial charge on any atom is -0.494 e. The van der Waals surface area contributed by atoms with Gasteiger partial charge in [0.15, 0.2) is 0 Å². The summed E-state index contributed by atoms with van der Waals surface area (Å²) in [5, 5.41) is 0. The van der Waals surface area contributed by atoms with E-state index in [1.807, 2.05) is 42.2 Å². The molecule has 2 rings (SSSR count). The second-order valence-electron chi connectivity index (χ2n) is 6.20. The lowest BCUT2D eigenvalue weighted by molar-refractivity contribution is -0.149. The first-order valence-corrected chi connectivity index (χ1v) is 8.75. The van der Waals surface area contributed by atoms with E-state index in [0.29, 0.717) is 38.6 Å². The van der Waals surface area contributed by atoms with E-state index in [1.165, 1.54) is 0 Å². The lowest BCUT2D eigenvalue weighted by Gasteiger charge is -2.25. The Kier molecular flexibility index (Phi) is 7.09. The van der Waals surface area contributed by atoms with Crippen LogP contribution in [0.15, 0.2) is 30.3 Å². The fourth-order valence-electron chi connectivity index (χ4n) is 2.57. The molecular weight excluding hydrogens is 306 g/mol. The number of rotatable bonds is 10. The summed E-state index contributed by atoms with van der Waals surface area (Å²) >= 11 is 0. The minimum atomic E-state index is -0.282. The van der Waals surface area contributed by atoms with Crippen molar-refractivity contribution in [1.29, 1.82) is 0 Å². The smallest absolute Gasteiger partial charge is 0.310 e. The second kappa shape index (κ2) is 9.30. The highest BCUT2D eigenvalue weighted by Crippen LogP contribution is 2.28. The summed E-state index contributed by atoms with van der Waals surface area (Å²) in [6, 6.07) is 9.88. The summed E-state index contributed by atoms with van der Waals surface area (Å²) in [4.78, 5) is 26.1. The van der Waals surface area contributed by atoms with Gasteiger partial charge in [0.05, 0.1) is 19.1 Å². The molecule has 132 valence electrons. The van der Waals surface area contributed by atoms with E-state index in [4.69, 9.17) is 9.47 Å². The van der Waals surface area contributed by atoms with Crippen LogP contribution in [0.25, 0.3) is 0 Å². The van der Waals surface area contributed by atoms with Gasteiger partial charge in [-0.1, -0.05) is 25.1 Å². The van der Waals surface area contributed by atoms with Gasteiger partial charge in [-0.05, 0) is 38.3 Å². The molecule has 1 saturated carbocycles. The first kappa shape index (κ1) is 18.3. The van der Waals surface area contributed by atoms with Crippen molar-refractivity contribution >= 4 is 11.9 Å². The van der Waals surface area contributed by atoms with Gasteiger partial charge in [0.2, 0.25) is 5.91 Å². The number of ether oxygens (including phenoxy) is 2. The molecule has 1 amide bonds. The molecule has 5 heteroatoms. The molecule has 1 aromatic carbocycles. The van der Waals surface area contributed by atoms with Crippen LogP contribution in [0, 0.1) is 5.92 Å². The molecular formula is C19H27NO4. The molecule has 1 aromatic rings. The van der Waals surface area contributed by atoms with Crippen molar-refractivity contribution < 1.29 is 19.1 Å². The molecule has 0 N–H and O–H groups in total. The minimum absolute atomic E-state index is 0.102. The third-order valence-electron chi connectivity index (χ3n) is 4.01. The normalized spacial score (nSPS) is 14.8. The molecule has 1 fully saturated rings. The Morgan fingerprint density at radius 1 is 1.25 bits per heavy atom. The summed E-state index contributed by atoms with van der Waals surface area (Å²) < 4.78 is 10.7. The molecule has 24 heavy (non-hydrogen) atoms. The number of benzene rings is 1. The molecule has 0 radical (unpaired) electrons. The maximum atomic E-state index is 12.5. The Bertz CT molecular complexity index is 527. The third kappa shape index (κ3) is 5.87. The van der Waals surface area contributed by atoms with Crippen molar-refractivity contribution in [1.82, 2.24) is 4.90 Å². The number of esters is 1. The number of carbonyl (C=O) groups is 2. The fraction of sp³-hybridized carbons (Fsp3) is 0.579. The first-order chi connectivity index (χ1) is 11.6. The van der Waals surface area contributed by atoms with Gasteiger partial charge in [-0.2, -0.15) is 0 Å². The van der Waals surface area contributed by atoms with Crippen molar-refractivity contribution in [3.63, 3.8) is 0 Å². The molecule has 0 bridgehead atoms. The standard InChI is InChI=1S/C19H27NO4/c1-3-23-19(22)15(2)14-20(16-11-12-16)18(21)10-7-13-24-17-8-5-4-6-9-17/h4-6,8-9,15-16H,3,7,10-14H2,1-2H3. The number of nitrogens with zero attached hydrogens (tertiary/aromatic N) is 1. The largest absolute Gasteiger partial charge is 0.494 e. The van der Waals surface area contributed by atoms with Crippen LogP contribution in [0.4, 0.5) is 0 Å². The van der Waals surface area contributed by atoms with Crippen LogP contribution < -0.4 is 4.74 Å². The van der Waals surface area contributed by atoms with Gasteiger partial charge in [-0.25, -0.2) is 0 Å². The lowest BCUT2D eigenvalue weighted by Crippen LogP contribution is -2.39. The summed E-state index contributed by atoms with van der Waals surface area (Å²) in [6.07, 6.45) is 3.17. The Labute approximate surface area is 143 Å². The van der Waals surface area contributed by atoms with Crippen LogP contribution in [0.2, 0.25) is 0 Å². The Hall–Kier alpha value is -2.04. The molecule has 1 atom stereocenters. The number of para-hydroxylation sites is 1. The maximum absolute atomic E-state index is 12.5. The van der Waals surface area contributed by atoms with Crippen molar-refractivity contribution in [3.8, 4) is 5.75 Å². The van der Waals surface area contributed by atoms with Gasteiger partial charge in [0, 0.05) is 19.0 Å². The first-order valence-electron chi connectivity index (χ1n) is 8.75. The van der Waals surface area contributed by atoms with Crippen molar-refractivity contribution in [2.45, 2.75) is 45.6 Å². The second-order valence-corrected chi connectivity index (χ2v) is 6.20. The third-order valence-corrected chi connectivity index (χ3v) is 4.01. The SMILES string of the molecule is CCOC(=O)C(C)CN(C(=O)CCCOc1ccccc1)C1CC1. The molecule has 0 aromatic heterocycles. The average Bonchev–Trinajstić information content (AvgIpc) is 3.42. The van der Waals surface area contributed by atoms with Gasteiger partial charge >= 0.3 is 5.97 Å². The van der Waals surface area contributed by atoms with Gasteiger partial charge in [-0.15, -0.1) is 0 Å². The highest BCUT2D eigenvalue weighted by molar-refractivity contribution is 5.78. The van der Waals surface area contributed by atoms with E-state index in [-0.39, 0.29) is 17.8 Å². The Morgan fingerprint density at radius 2 is 1.96 bits per heavy atom. The van der Waals surface area contributed by atoms with Gasteiger partial charge in [0.25, 0.3) is 0 Å². The summed E-state index contributed by atoms with van der Waals surface area (Å²) in [6.45, 7) is 4.95. The molecule has 5 nitrogen and oxygen atoms in total. The topological polar surface area (TPSA) is 55.8 Å². The number of carbonyl (C=O) groups excluding carboxylic acids is 2. The predicted octanol–water partition coefficient (Wildman–Crippen LogP) is 3.04. The van der Waals surface area contributed by atoms with Gasteiger partial charge in [-0.3, -0.25) is 9.59 Å². The predicted molar refractivity (Wildman–Crippen MR) is 91.7 cm³/mol. The van der Waals surface area contributed by atoms with Crippen LogP contribution in [0.3, 0.4) is 0 Å². The van der Waals surface area contributed by atoms with Crippen molar-refractivity contribution in [2.75, 3.05) is 19.8 Å². The zero-order valence-corrected chi connectivity index (χ0v) is 14.6.